The third-order valence-corrected chi connectivity index (χ3v) is 6.86. The van der Waals surface area contributed by atoms with E-state index in [-0.39, 0.29) is 0 Å². The van der Waals surface area contributed by atoms with Crippen molar-refractivity contribution in [2.45, 2.75) is 77.0 Å². The molecular weight excluding hydrogens is 390 g/mol. The molecule has 1 heterocycles. The van der Waals surface area contributed by atoms with Crippen molar-refractivity contribution in [2.75, 3.05) is 11.9 Å². The van der Waals surface area contributed by atoms with Gasteiger partial charge in [0.2, 0.25) is 0 Å². The quantitative estimate of drug-likeness (QED) is 0.335. The summed E-state index contributed by atoms with van der Waals surface area (Å²) in [5.74, 6) is 1.22. The Morgan fingerprint density at radius 1 is 1.13 bits per heavy atom. The fourth-order valence-electron chi connectivity index (χ4n) is 5.33. The summed E-state index contributed by atoms with van der Waals surface area (Å²) in [6, 6.07) is 8.37. The Bertz CT molecular complexity index is 972. The molecule has 0 amide bonds. The van der Waals surface area contributed by atoms with E-state index in [0.29, 0.717) is 18.3 Å². The number of nitrogens with zero attached hydrogens (tertiary/aromatic N) is 2. The van der Waals surface area contributed by atoms with E-state index in [2.05, 4.69) is 30.5 Å². The Balaban J connectivity index is 1.48. The highest BCUT2D eigenvalue weighted by Gasteiger charge is 2.33. The molecule has 4 heteroatoms. The van der Waals surface area contributed by atoms with Crippen LogP contribution in [0.25, 0.3) is 10.9 Å². The molecule has 4 rings (SSSR count). The maximum absolute atomic E-state index is 8.62. The lowest BCUT2D eigenvalue weighted by atomic mass is 9.71. The Morgan fingerprint density at radius 2 is 1.93 bits per heavy atom. The Morgan fingerprint density at radius 3 is 2.77 bits per heavy atom. The average molecular weight is 422 g/mol. The molecule has 1 N–H and O–H groups in total. The lowest BCUT2D eigenvalue weighted by Crippen LogP contribution is -2.24. The van der Waals surface area contributed by atoms with Gasteiger partial charge in [0.1, 0.15) is 0 Å². The number of hydrogen-bond donors (Lipinski definition) is 1. The van der Waals surface area contributed by atoms with Gasteiger partial charge in [0.15, 0.2) is 0 Å². The normalized spacial score (nSPS) is 19.8. The number of unbranched alkanes of at least 4 members (excludes halogenated alkanes) is 6. The topological polar surface area (TPSA) is 48.7 Å². The van der Waals surface area contributed by atoms with Crippen molar-refractivity contribution in [3.8, 4) is 6.07 Å². The first-order valence-electron chi connectivity index (χ1n) is 11.6. The molecule has 0 fully saturated rings. The smallest absolute Gasteiger partial charge is 0.0741 e. The first-order valence-corrected chi connectivity index (χ1v) is 11.9. The van der Waals surface area contributed by atoms with Crippen molar-refractivity contribution < 1.29 is 0 Å². The van der Waals surface area contributed by atoms with E-state index in [0.717, 1.165) is 36.3 Å². The van der Waals surface area contributed by atoms with E-state index >= 15 is 0 Å². The van der Waals surface area contributed by atoms with Crippen LogP contribution < -0.4 is 5.32 Å². The monoisotopic (exact) mass is 421 g/mol. The molecule has 1 aromatic heterocycles. The SMILES string of the molecule is CC1=C[C@@H]2Cc3nc4cc(Cl)ccc4c(NCCCCCCCCC#N)c3[C@H](C1)C2. The lowest BCUT2D eigenvalue weighted by Gasteiger charge is -2.36. The van der Waals surface area contributed by atoms with E-state index in [1.807, 2.05) is 12.1 Å². The zero-order chi connectivity index (χ0) is 20.9. The molecule has 2 aliphatic carbocycles. The van der Waals surface area contributed by atoms with Crippen LogP contribution in [-0.4, -0.2) is 11.5 Å². The van der Waals surface area contributed by atoms with E-state index in [1.165, 1.54) is 66.4 Å². The van der Waals surface area contributed by atoms with E-state index in [4.69, 9.17) is 21.8 Å². The number of benzene rings is 1. The number of pyridine rings is 1. The van der Waals surface area contributed by atoms with Gasteiger partial charge in [-0.25, -0.2) is 0 Å². The van der Waals surface area contributed by atoms with Crippen LogP contribution >= 0.6 is 11.6 Å². The van der Waals surface area contributed by atoms with Crippen molar-refractivity contribution in [1.82, 2.24) is 4.98 Å². The highest BCUT2D eigenvalue weighted by Crippen LogP contribution is 2.47. The van der Waals surface area contributed by atoms with Crippen LogP contribution in [0.15, 0.2) is 29.8 Å². The molecular formula is C26H32ClN3. The van der Waals surface area contributed by atoms with Crippen LogP contribution in [0.1, 0.15) is 81.9 Å². The molecule has 30 heavy (non-hydrogen) atoms. The van der Waals surface area contributed by atoms with Crippen LogP contribution in [0.3, 0.4) is 0 Å². The van der Waals surface area contributed by atoms with Crippen LogP contribution in [0, 0.1) is 17.2 Å². The molecule has 0 radical (unpaired) electrons. The third kappa shape index (κ3) is 4.81. The predicted octanol–water partition coefficient (Wildman–Crippen LogP) is 7.55. The minimum Gasteiger partial charge on any atom is -0.384 e. The number of fused-ring (bicyclic) bond motifs is 5. The average Bonchev–Trinajstić information content (AvgIpc) is 2.71. The van der Waals surface area contributed by atoms with Crippen molar-refractivity contribution in [1.29, 1.82) is 5.26 Å². The van der Waals surface area contributed by atoms with Crippen LogP contribution in [0.5, 0.6) is 0 Å². The minimum atomic E-state index is 0.582. The van der Waals surface area contributed by atoms with Crippen molar-refractivity contribution >= 4 is 28.2 Å². The molecule has 1 aromatic carbocycles. The number of nitriles is 1. The zero-order valence-corrected chi connectivity index (χ0v) is 18.8. The van der Waals surface area contributed by atoms with Crippen molar-refractivity contribution in [3.63, 3.8) is 0 Å². The van der Waals surface area contributed by atoms with Crippen LogP contribution in [-0.2, 0) is 6.42 Å². The summed E-state index contributed by atoms with van der Waals surface area (Å²) in [5, 5.41) is 14.4. The summed E-state index contributed by atoms with van der Waals surface area (Å²) < 4.78 is 0. The van der Waals surface area contributed by atoms with Gasteiger partial charge in [-0.15, -0.1) is 0 Å². The van der Waals surface area contributed by atoms with Gasteiger partial charge in [0.05, 0.1) is 11.6 Å². The molecule has 3 nitrogen and oxygen atoms in total. The second kappa shape index (κ2) is 9.84. The fourth-order valence-corrected chi connectivity index (χ4v) is 5.49. The highest BCUT2D eigenvalue weighted by atomic mass is 35.5. The van der Waals surface area contributed by atoms with E-state index in [1.54, 1.807) is 0 Å². The van der Waals surface area contributed by atoms with Gasteiger partial charge in [-0.05, 0) is 69.1 Å². The molecule has 2 bridgehead atoms. The van der Waals surface area contributed by atoms with Gasteiger partial charge in [-0.2, -0.15) is 5.26 Å². The molecule has 0 saturated heterocycles. The molecule has 0 aliphatic heterocycles. The second-order valence-electron chi connectivity index (χ2n) is 9.08. The standard InChI is InChI=1S/C26H32ClN3/c1-18-13-19-15-20(14-18)25-24(16-19)30-23-17-21(27)9-10-22(23)26(25)29-12-8-6-4-2-3-5-7-11-28/h9-10,13,17,19-20H,2-8,12,14-16H2,1H3,(H,29,30)/t19-,20+/m0/s1. The number of aromatic nitrogens is 1. The van der Waals surface area contributed by atoms with Gasteiger partial charge in [-0.3, -0.25) is 4.98 Å². The predicted molar refractivity (Wildman–Crippen MR) is 126 cm³/mol. The summed E-state index contributed by atoms with van der Waals surface area (Å²) >= 11 is 6.29. The summed E-state index contributed by atoms with van der Waals surface area (Å²) in [7, 11) is 0. The van der Waals surface area contributed by atoms with Crippen LogP contribution in [0.2, 0.25) is 5.02 Å². The fraction of sp³-hybridized carbons (Fsp3) is 0.538. The van der Waals surface area contributed by atoms with Gasteiger partial charge < -0.3 is 5.32 Å². The molecule has 2 aliphatic rings. The van der Waals surface area contributed by atoms with Gasteiger partial charge in [-0.1, -0.05) is 48.9 Å². The Kier molecular flexibility index (Phi) is 6.95. The minimum absolute atomic E-state index is 0.582. The maximum atomic E-state index is 8.62. The van der Waals surface area contributed by atoms with Crippen molar-refractivity contribution in [3.05, 3.63) is 46.1 Å². The molecule has 2 atom stereocenters. The summed E-state index contributed by atoms with van der Waals surface area (Å²) in [5.41, 5.74) is 6.58. The molecule has 0 spiro atoms. The van der Waals surface area contributed by atoms with E-state index in [9.17, 15) is 0 Å². The number of hydrogen-bond acceptors (Lipinski definition) is 3. The second-order valence-corrected chi connectivity index (χ2v) is 9.52. The third-order valence-electron chi connectivity index (χ3n) is 6.62. The van der Waals surface area contributed by atoms with Crippen LogP contribution in [0.4, 0.5) is 5.69 Å². The highest BCUT2D eigenvalue weighted by molar-refractivity contribution is 6.31. The van der Waals surface area contributed by atoms with E-state index < -0.39 is 0 Å². The summed E-state index contributed by atoms with van der Waals surface area (Å²) in [6.07, 6.45) is 13.8. The van der Waals surface area contributed by atoms with Gasteiger partial charge >= 0.3 is 0 Å². The summed E-state index contributed by atoms with van der Waals surface area (Å²) in [4.78, 5) is 5.06. The molecule has 158 valence electrons. The number of allylic oxidation sites excluding steroid dienone is 2. The number of halogens is 1. The summed E-state index contributed by atoms with van der Waals surface area (Å²) in [6.45, 7) is 3.28. The number of nitrogens with one attached hydrogen (secondary N) is 1. The first-order chi connectivity index (χ1) is 14.7. The number of anilines is 1. The van der Waals surface area contributed by atoms with Crippen molar-refractivity contribution in [2.24, 2.45) is 5.92 Å². The van der Waals surface area contributed by atoms with Gasteiger partial charge in [0.25, 0.3) is 0 Å². The maximum Gasteiger partial charge on any atom is 0.0741 e. The lowest BCUT2D eigenvalue weighted by molar-refractivity contribution is 0.433. The van der Waals surface area contributed by atoms with Gasteiger partial charge in [0, 0.05) is 40.3 Å². The Labute approximate surface area is 185 Å². The Hall–Kier alpha value is -2.05. The first kappa shape index (κ1) is 21.2. The molecule has 0 unspecified atom stereocenters. The number of rotatable bonds is 9. The largest absolute Gasteiger partial charge is 0.384 e. The zero-order valence-electron chi connectivity index (χ0n) is 18.0. The molecule has 2 aromatic rings. The molecule has 0 saturated carbocycles.